The first-order valence-corrected chi connectivity index (χ1v) is 7.95. The number of hydrogen-bond acceptors (Lipinski definition) is 3. The number of amides is 2. The highest BCUT2D eigenvalue weighted by atomic mass is 16.5. The van der Waals surface area contributed by atoms with E-state index >= 15 is 0 Å². The summed E-state index contributed by atoms with van der Waals surface area (Å²) in [7, 11) is 3.28. The molecule has 0 saturated carbocycles. The minimum Gasteiger partial charge on any atom is -0.495 e. The summed E-state index contributed by atoms with van der Waals surface area (Å²) in [5, 5.41) is 5.74. The fourth-order valence-corrected chi connectivity index (χ4v) is 3.16. The highest BCUT2D eigenvalue weighted by molar-refractivity contribution is 5.90. The van der Waals surface area contributed by atoms with Gasteiger partial charge in [0.15, 0.2) is 0 Å². The molecule has 5 heteroatoms. The quantitative estimate of drug-likeness (QED) is 0.888. The average Bonchev–Trinajstić information content (AvgIpc) is 3.00. The molecule has 0 radical (unpaired) electrons. The van der Waals surface area contributed by atoms with Crippen molar-refractivity contribution < 1.29 is 14.3 Å². The van der Waals surface area contributed by atoms with E-state index in [4.69, 9.17) is 9.47 Å². The topological polar surface area (TPSA) is 59.6 Å². The van der Waals surface area contributed by atoms with Crippen LogP contribution >= 0.6 is 0 Å². The molecule has 0 aromatic heterocycles. The number of nitrogens with one attached hydrogen (secondary N) is 2. The molecule has 0 bridgehead atoms. The molecule has 5 nitrogen and oxygen atoms in total. The molecule has 2 aromatic carbocycles. The van der Waals surface area contributed by atoms with Gasteiger partial charge in [0, 0.05) is 26.5 Å². The number of hydrogen-bond donors (Lipinski definition) is 2. The van der Waals surface area contributed by atoms with Crippen LogP contribution in [0.2, 0.25) is 0 Å². The summed E-state index contributed by atoms with van der Waals surface area (Å²) in [5.41, 5.74) is 2.82. The molecule has 2 N–H and O–H groups in total. The monoisotopic (exact) mass is 326 g/mol. The van der Waals surface area contributed by atoms with E-state index in [2.05, 4.69) is 22.8 Å². The van der Waals surface area contributed by atoms with E-state index in [9.17, 15) is 4.79 Å². The van der Waals surface area contributed by atoms with Crippen molar-refractivity contribution in [3.63, 3.8) is 0 Å². The SMILES string of the molecule is COc1ccccc1NC(=O)NCC1(OC)Cc2ccccc2C1. The van der Waals surface area contributed by atoms with Crippen molar-refractivity contribution in [1.82, 2.24) is 5.32 Å². The van der Waals surface area contributed by atoms with Gasteiger partial charge in [-0.2, -0.15) is 0 Å². The van der Waals surface area contributed by atoms with Crippen LogP contribution < -0.4 is 15.4 Å². The van der Waals surface area contributed by atoms with Crippen molar-refractivity contribution in [2.45, 2.75) is 18.4 Å². The van der Waals surface area contributed by atoms with Crippen molar-refractivity contribution in [2.24, 2.45) is 0 Å². The summed E-state index contributed by atoms with van der Waals surface area (Å²) in [5.74, 6) is 0.627. The lowest BCUT2D eigenvalue weighted by atomic mass is 10.0. The maximum Gasteiger partial charge on any atom is 0.319 e. The molecule has 0 heterocycles. The third-order valence-corrected chi connectivity index (χ3v) is 4.50. The molecule has 1 aliphatic carbocycles. The molecule has 1 aliphatic rings. The Morgan fingerprint density at radius 1 is 1.04 bits per heavy atom. The van der Waals surface area contributed by atoms with Crippen LogP contribution in [0, 0.1) is 0 Å². The Morgan fingerprint density at radius 3 is 2.29 bits per heavy atom. The van der Waals surface area contributed by atoms with Gasteiger partial charge in [-0.25, -0.2) is 4.79 Å². The normalized spacial score (nSPS) is 14.8. The number of rotatable bonds is 5. The zero-order chi connectivity index (χ0) is 17.0. The van der Waals surface area contributed by atoms with Crippen LogP contribution in [-0.2, 0) is 17.6 Å². The number of urea groups is 1. The number of anilines is 1. The van der Waals surface area contributed by atoms with E-state index in [0.29, 0.717) is 18.0 Å². The fourth-order valence-electron chi connectivity index (χ4n) is 3.16. The van der Waals surface area contributed by atoms with Crippen molar-refractivity contribution in [3.8, 4) is 5.75 Å². The predicted octanol–water partition coefficient (Wildman–Crippen LogP) is 3.00. The Balaban J connectivity index is 1.62. The number of carbonyl (C=O) groups is 1. The van der Waals surface area contributed by atoms with Crippen LogP contribution in [0.15, 0.2) is 48.5 Å². The molecular weight excluding hydrogens is 304 g/mol. The Morgan fingerprint density at radius 2 is 1.67 bits per heavy atom. The first kappa shape index (κ1) is 16.3. The summed E-state index contributed by atoms with van der Waals surface area (Å²) in [6, 6.07) is 15.3. The fraction of sp³-hybridized carbons (Fsp3) is 0.316. The van der Waals surface area contributed by atoms with Gasteiger partial charge in [-0.3, -0.25) is 0 Å². The third kappa shape index (κ3) is 3.36. The molecule has 0 unspecified atom stereocenters. The van der Waals surface area contributed by atoms with Gasteiger partial charge in [0.05, 0.1) is 18.4 Å². The summed E-state index contributed by atoms with van der Waals surface area (Å²) in [4.78, 5) is 12.2. The molecule has 0 aliphatic heterocycles. The van der Waals surface area contributed by atoms with Crippen molar-refractivity contribution >= 4 is 11.7 Å². The number of carbonyl (C=O) groups excluding carboxylic acids is 1. The van der Waals surface area contributed by atoms with Gasteiger partial charge in [-0.05, 0) is 23.3 Å². The summed E-state index contributed by atoms with van der Waals surface area (Å²) < 4.78 is 11.0. The van der Waals surface area contributed by atoms with Gasteiger partial charge >= 0.3 is 6.03 Å². The van der Waals surface area contributed by atoms with E-state index < -0.39 is 0 Å². The molecule has 0 fully saturated rings. The van der Waals surface area contributed by atoms with E-state index in [1.807, 2.05) is 24.3 Å². The lowest BCUT2D eigenvalue weighted by Crippen LogP contribution is -2.46. The molecule has 2 aromatic rings. The molecule has 126 valence electrons. The van der Waals surface area contributed by atoms with Crippen LogP contribution in [0.1, 0.15) is 11.1 Å². The van der Waals surface area contributed by atoms with Crippen LogP contribution in [0.3, 0.4) is 0 Å². The smallest absolute Gasteiger partial charge is 0.319 e. The van der Waals surface area contributed by atoms with Gasteiger partial charge in [-0.15, -0.1) is 0 Å². The van der Waals surface area contributed by atoms with Crippen LogP contribution in [-0.4, -0.2) is 32.4 Å². The van der Waals surface area contributed by atoms with Crippen LogP contribution in [0.5, 0.6) is 5.75 Å². The van der Waals surface area contributed by atoms with Gasteiger partial charge in [0.1, 0.15) is 5.75 Å². The highest BCUT2D eigenvalue weighted by Gasteiger charge is 2.37. The number of ether oxygens (including phenoxy) is 2. The summed E-state index contributed by atoms with van der Waals surface area (Å²) >= 11 is 0. The number of para-hydroxylation sites is 2. The molecule has 3 rings (SSSR count). The van der Waals surface area contributed by atoms with Gasteiger partial charge in [-0.1, -0.05) is 36.4 Å². The standard InChI is InChI=1S/C19H22N2O3/c1-23-17-10-6-5-9-16(17)21-18(22)20-13-19(24-2)11-14-7-3-4-8-15(14)12-19/h3-10H,11-13H2,1-2H3,(H2,20,21,22). The first-order chi connectivity index (χ1) is 11.7. The zero-order valence-electron chi connectivity index (χ0n) is 14.0. The summed E-state index contributed by atoms with van der Waals surface area (Å²) in [6.45, 7) is 0.444. The zero-order valence-corrected chi connectivity index (χ0v) is 14.0. The lowest BCUT2D eigenvalue weighted by molar-refractivity contribution is 0.00208. The number of fused-ring (bicyclic) bond motifs is 1. The second-order valence-corrected chi connectivity index (χ2v) is 6.02. The van der Waals surface area contributed by atoms with E-state index in [1.54, 1.807) is 26.4 Å². The number of benzene rings is 2. The predicted molar refractivity (Wildman–Crippen MR) is 93.6 cm³/mol. The maximum atomic E-state index is 12.2. The van der Waals surface area contributed by atoms with Crippen molar-refractivity contribution in [3.05, 3.63) is 59.7 Å². The lowest BCUT2D eigenvalue weighted by Gasteiger charge is -2.27. The maximum absolute atomic E-state index is 12.2. The van der Waals surface area contributed by atoms with Crippen LogP contribution in [0.25, 0.3) is 0 Å². The molecule has 24 heavy (non-hydrogen) atoms. The largest absolute Gasteiger partial charge is 0.495 e. The average molecular weight is 326 g/mol. The van der Waals surface area contributed by atoms with E-state index in [0.717, 1.165) is 12.8 Å². The van der Waals surface area contributed by atoms with Gasteiger partial charge < -0.3 is 20.1 Å². The second-order valence-electron chi connectivity index (χ2n) is 6.02. The number of methoxy groups -OCH3 is 2. The first-order valence-electron chi connectivity index (χ1n) is 7.95. The molecule has 2 amide bonds. The molecule has 0 atom stereocenters. The highest BCUT2D eigenvalue weighted by Crippen LogP contribution is 2.32. The molecule has 0 saturated heterocycles. The molecule has 0 spiro atoms. The van der Waals surface area contributed by atoms with E-state index in [1.165, 1.54) is 11.1 Å². The Labute approximate surface area is 142 Å². The van der Waals surface area contributed by atoms with E-state index in [-0.39, 0.29) is 11.6 Å². The van der Waals surface area contributed by atoms with Crippen LogP contribution in [0.4, 0.5) is 10.5 Å². The minimum absolute atomic E-state index is 0.271. The minimum atomic E-state index is -0.387. The van der Waals surface area contributed by atoms with Gasteiger partial charge in [0.2, 0.25) is 0 Å². The van der Waals surface area contributed by atoms with Crippen molar-refractivity contribution in [2.75, 3.05) is 26.1 Å². The second kappa shape index (κ2) is 6.93. The summed E-state index contributed by atoms with van der Waals surface area (Å²) in [6.07, 6.45) is 1.60. The Hall–Kier alpha value is -2.53. The molecular formula is C19H22N2O3. The van der Waals surface area contributed by atoms with Crippen molar-refractivity contribution in [1.29, 1.82) is 0 Å². The Kier molecular flexibility index (Phi) is 4.71. The Bertz CT molecular complexity index is 705. The van der Waals surface area contributed by atoms with Gasteiger partial charge in [0.25, 0.3) is 0 Å². The third-order valence-electron chi connectivity index (χ3n) is 4.50.